The standard InChI is InChI=1S/C22H21FN2O4S/c1-16-8-13-20(29-2)21(14-16)30(27,28)25(19-6-4-3-5-7-19)15-22(26)24-18-11-9-17(23)10-12-18/h3-14H,15H2,1-2H3,(H,24,26). The monoisotopic (exact) mass is 428 g/mol. The number of rotatable bonds is 7. The number of amides is 1. The number of ether oxygens (including phenoxy) is 1. The minimum absolute atomic E-state index is 0.0385. The third-order valence-electron chi connectivity index (χ3n) is 4.35. The van der Waals surface area contributed by atoms with Gasteiger partial charge in [-0.1, -0.05) is 24.3 Å². The van der Waals surface area contributed by atoms with Gasteiger partial charge in [0.25, 0.3) is 10.0 Å². The minimum Gasteiger partial charge on any atom is -0.495 e. The van der Waals surface area contributed by atoms with E-state index < -0.39 is 28.3 Å². The van der Waals surface area contributed by atoms with Gasteiger partial charge in [-0.15, -0.1) is 0 Å². The van der Waals surface area contributed by atoms with Crippen LogP contribution in [0.2, 0.25) is 0 Å². The molecule has 0 aromatic heterocycles. The van der Waals surface area contributed by atoms with Gasteiger partial charge in [-0.05, 0) is 61.0 Å². The topological polar surface area (TPSA) is 75.7 Å². The maximum absolute atomic E-state index is 13.5. The van der Waals surface area contributed by atoms with Crippen LogP contribution in [0, 0.1) is 12.7 Å². The number of hydrogen-bond acceptors (Lipinski definition) is 4. The molecule has 0 aliphatic carbocycles. The molecule has 3 rings (SSSR count). The highest BCUT2D eigenvalue weighted by Gasteiger charge is 2.30. The van der Waals surface area contributed by atoms with Crippen molar-refractivity contribution in [2.24, 2.45) is 0 Å². The van der Waals surface area contributed by atoms with Crippen LogP contribution < -0.4 is 14.4 Å². The van der Waals surface area contributed by atoms with E-state index in [1.165, 1.54) is 37.4 Å². The van der Waals surface area contributed by atoms with Crippen LogP contribution in [0.15, 0.2) is 77.7 Å². The molecule has 0 aliphatic heterocycles. The number of sulfonamides is 1. The molecule has 8 heteroatoms. The summed E-state index contributed by atoms with van der Waals surface area (Å²) in [5.41, 5.74) is 1.42. The number of nitrogens with one attached hydrogen (secondary N) is 1. The van der Waals surface area contributed by atoms with Crippen molar-refractivity contribution in [3.05, 3.63) is 84.2 Å². The molecule has 1 amide bonds. The van der Waals surface area contributed by atoms with E-state index in [2.05, 4.69) is 5.32 Å². The Bertz CT molecular complexity index is 1130. The number of nitrogens with zero attached hydrogens (tertiary/aromatic N) is 1. The van der Waals surface area contributed by atoms with Crippen molar-refractivity contribution in [1.82, 2.24) is 0 Å². The normalized spacial score (nSPS) is 11.0. The highest BCUT2D eigenvalue weighted by atomic mass is 32.2. The first kappa shape index (κ1) is 21.3. The van der Waals surface area contributed by atoms with E-state index in [4.69, 9.17) is 4.74 Å². The van der Waals surface area contributed by atoms with E-state index in [0.29, 0.717) is 11.4 Å². The predicted molar refractivity (Wildman–Crippen MR) is 114 cm³/mol. The summed E-state index contributed by atoms with van der Waals surface area (Å²) in [6.07, 6.45) is 0. The van der Waals surface area contributed by atoms with Crippen molar-refractivity contribution < 1.29 is 22.3 Å². The summed E-state index contributed by atoms with van der Waals surface area (Å²) in [4.78, 5) is 12.6. The highest BCUT2D eigenvalue weighted by molar-refractivity contribution is 7.93. The summed E-state index contributed by atoms with van der Waals surface area (Å²) in [6.45, 7) is 1.30. The third kappa shape index (κ3) is 4.77. The fourth-order valence-corrected chi connectivity index (χ4v) is 4.54. The Morgan fingerprint density at radius 3 is 2.33 bits per heavy atom. The lowest BCUT2D eigenvalue weighted by atomic mass is 10.2. The van der Waals surface area contributed by atoms with Crippen LogP contribution in [0.4, 0.5) is 15.8 Å². The maximum Gasteiger partial charge on any atom is 0.268 e. The maximum atomic E-state index is 13.5. The molecule has 0 spiro atoms. The van der Waals surface area contributed by atoms with Gasteiger partial charge in [-0.2, -0.15) is 0 Å². The fraction of sp³-hybridized carbons (Fsp3) is 0.136. The number of halogens is 1. The fourth-order valence-electron chi connectivity index (χ4n) is 2.88. The summed E-state index contributed by atoms with van der Waals surface area (Å²) < 4.78 is 46.4. The molecular formula is C22H21FN2O4S. The molecule has 6 nitrogen and oxygen atoms in total. The Labute approximate surface area is 175 Å². The van der Waals surface area contributed by atoms with E-state index in [1.54, 1.807) is 49.4 Å². The van der Waals surface area contributed by atoms with Crippen LogP contribution in [0.5, 0.6) is 5.75 Å². The molecule has 3 aromatic carbocycles. The average Bonchev–Trinajstić information content (AvgIpc) is 2.74. The van der Waals surface area contributed by atoms with Crippen molar-refractivity contribution in [2.75, 3.05) is 23.3 Å². The van der Waals surface area contributed by atoms with Crippen molar-refractivity contribution in [1.29, 1.82) is 0 Å². The molecule has 30 heavy (non-hydrogen) atoms. The number of para-hydroxylation sites is 1. The van der Waals surface area contributed by atoms with E-state index in [-0.39, 0.29) is 10.6 Å². The van der Waals surface area contributed by atoms with Crippen LogP contribution >= 0.6 is 0 Å². The Hall–Kier alpha value is -3.39. The smallest absolute Gasteiger partial charge is 0.268 e. The van der Waals surface area contributed by atoms with Gasteiger partial charge in [-0.25, -0.2) is 12.8 Å². The van der Waals surface area contributed by atoms with Gasteiger partial charge in [-0.3, -0.25) is 9.10 Å². The molecule has 3 aromatic rings. The number of aryl methyl sites for hydroxylation is 1. The second-order valence-corrected chi connectivity index (χ2v) is 8.39. The van der Waals surface area contributed by atoms with Crippen LogP contribution in [-0.2, 0) is 14.8 Å². The van der Waals surface area contributed by atoms with Gasteiger partial charge in [0.2, 0.25) is 5.91 Å². The van der Waals surface area contributed by atoms with Crippen LogP contribution in [0.25, 0.3) is 0 Å². The molecule has 0 bridgehead atoms. The van der Waals surface area contributed by atoms with Gasteiger partial charge in [0.05, 0.1) is 12.8 Å². The summed E-state index contributed by atoms with van der Waals surface area (Å²) in [6, 6.07) is 18.4. The summed E-state index contributed by atoms with van der Waals surface area (Å²) >= 11 is 0. The van der Waals surface area contributed by atoms with Crippen molar-refractivity contribution in [2.45, 2.75) is 11.8 Å². The molecule has 0 aliphatic rings. The average molecular weight is 428 g/mol. The molecule has 1 N–H and O–H groups in total. The second-order valence-electron chi connectivity index (χ2n) is 6.56. The molecule has 0 heterocycles. The largest absolute Gasteiger partial charge is 0.495 e. The van der Waals surface area contributed by atoms with Crippen LogP contribution in [0.3, 0.4) is 0 Å². The molecule has 0 unspecified atom stereocenters. The van der Waals surface area contributed by atoms with Crippen molar-refractivity contribution in [3.63, 3.8) is 0 Å². The van der Waals surface area contributed by atoms with Gasteiger partial charge in [0, 0.05) is 5.69 Å². The first-order valence-corrected chi connectivity index (χ1v) is 10.5. The Morgan fingerprint density at radius 1 is 1.03 bits per heavy atom. The number of carbonyl (C=O) groups is 1. The Morgan fingerprint density at radius 2 is 1.70 bits per heavy atom. The lowest BCUT2D eigenvalue weighted by Gasteiger charge is -2.25. The molecule has 0 atom stereocenters. The Kier molecular flexibility index (Phi) is 6.37. The number of anilines is 2. The zero-order valence-corrected chi connectivity index (χ0v) is 17.3. The number of carbonyl (C=O) groups excluding carboxylic acids is 1. The second kappa shape index (κ2) is 8.96. The number of hydrogen-bond donors (Lipinski definition) is 1. The first-order chi connectivity index (χ1) is 14.3. The summed E-state index contributed by atoms with van der Waals surface area (Å²) in [7, 11) is -2.74. The highest BCUT2D eigenvalue weighted by Crippen LogP contribution is 2.30. The molecular weight excluding hydrogens is 407 g/mol. The van der Waals surface area contributed by atoms with Crippen LogP contribution in [-0.4, -0.2) is 28.0 Å². The first-order valence-electron chi connectivity index (χ1n) is 9.09. The summed E-state index contributed by atoms with van der Waals surface area (Å²) in [5, 5.41) is 2.59. The van der Waals surface area contributed by atoms with Crippen LogP contribution in [0.1, 0.15) is 5.56 Å². The zero-order valence-electron chi connectivity index (χ0n) is 16.5. The van der Waals surface area contributed by atoms with Gasteiger partial charge in [0.15, 0.2) is 0 Å². The molecule has 0 saturated carbocycles. The van der Waals surface area contributed by atoms with Crippen molar-refractivity contribution >= 4 is 27.3 Å². The predicted octanol–water partition coefficient (Wildman–Crippen LogP) is 3.98. The van der Waals surface area contributed by atoms with Gasteiger partial charge < -0.3 is 10.1 Å². The molecule has 156 valence electrons. The number of methoxy groups -OCH3 is 1. The van der Waals surface area contributed by atoms with E-state index in [1.807, 2.05) is 0 Å². The lowest BCUT2D eigenvalue weighted by Crippen LogP contribution is -2.38. The quantitative estimate of drug-likeness (QED) is 0.618. The van der Waals surface area contributed by atoms with Gasteiger partial charge in [0.1, 0.15) is 23.0 Å². The van der Waals surface area contributed by atoms with E-state index in [9.17, 15) is 17.6 Å². The van der Waals surface area contributed by atoms with E-state index >= 15 is 0 Å². The lowest BCUT2D eigenvalue weighted by molar-refractivity contribution is -0.114. The van der Waals surface area contributed by atoms with Gasteiger partial charge >= 0.3 is 0 Å². The molecule has 0 radical (unpaired) electrons. The molecule has 0 saturated heterocycles. The third-order valence-corrected chi connectivity index (χ3v) is 6.14. The molecule has 0 fully saturated rings. The zero-order chi connectivity index (χ0) is 21.7. The SMILES string of the molecule is COc1ccc(C)cc1S(=O)(=O)N(CC(=O)Nc1ccc(F)cc1)c1ccccc1. The van der Waals surface area contributed by atoms with E-state index in [0.717, 1.165) is 9.87 Å². The van der Waals surface area contributed by atoms with Crippen molar-refractivity contribution in [3.8, 4) is 5.75 Å². The minimum atomic E-state index is -4.13. The number of benzene rings is 3. The summed E-state index contributed by atoms with van der Waals surface area (Å²) in [5.74, 6) is -0.825. The Balaban J connectivity index is 1.98.